The Balaban J connectivity index is 1.53. The number of nitrogens with zero attached hydrogens (tertiary/aromatic N) is 5. The molecule has 4 heterocycles. The van der Waals surface area contributed by atoms with Crippen LogP contribution in [0.5, 0.6) is 0 Å². The zero-order valence-corrected chi connectivity index (χ0v) is 14.8. The first-order valence-electron chi connectivity index (χ1n) is 9.35. The fourth-order valence-electron chi connectivity index (χ4n) is 3.97. The molecule has 2 aliphatic rings. The van der Waals surface area contributed by atoms with Crippen molar-refractivity contribution in [2.45, 2.75) is 64.5 Å². The Morgan fingerprint density at radius 1 is 1.16 bits per heavy atom. The molecule has 1 saturated heterocycles. The largest absolute Gasteiger partial charge is 0.332 e. The Morgan fingerprint density at radius 3 is 2.92 bits per heavy atom. The van der Waals surface area contributed by atoms with Crippen LogP contribution in [0.25, 0.3) is 0 Å². The quantitative estimate of drug-likeness (QED) is 0.862. The number of carbonyl (C=O) groups is 1. The molecule has 0 bridgehead atoms. The summed E-state index contributed by atoms with van der Waals surface area (Å²) in [4.78, 5) is 19.2. The molecule has 0 unspecified atom stereocenters. The smallest absolute Gasteiger partial charge is 0.227 e. The van der Waals surface area contributed by atoms with E-state index in [-0.39, 0.29) is 11.9 Å². The summed E-state index contributed by atoms with van der Waals surface area (Å²) in [7, 11) is 0. The van der Waals surface area contributed by atoms with Gasteiger partial charge in [0, 0.05) is 31.4 Å². The van der Waals surface area contributed by atoms with Crippen molar-refractivity contribution in [1.82, 2.24) is 24.6 Å². The van der Waals surface area contributed by atoms with Gasteiger partial charge in [-0.05, 0) is 44.2 Å². The van der Waals surface area contributed by atoms with E-state index in [0.717, 1.165) is 55.3 Å². The van der Waals surface area contributed by atoms with Gasteiger partial charge in [0.2, 0.25) is 5.91 Å². The monoisotopic (exact) mass is 339 g/mol. The van der Waals surface area contributed by atoms with E-state index < -0.39 is 0 Å². The molecule has 4 rings (SSSR count). The average Bonchev–Trinajstić information content (AvgIpc) is 3.18. The van der Waals surface area contributed by atoms with Crippen LogP contribution in [0.2, 0.25) is 0 Å². The highest BCUT2D eigenvalue weighted by Gasteiger charge is 2.34. The molecule has 1 atom stereocenters. The lowest BCUT2D eigenvalue weighted by Crippen LogP contribution is -2.33. The van der Waals surface area contributed by atoms with Gasteiger partial charge in [-0.3, -0.25) is 9.78 Å². The minimum atomic E-state index is 0.0743. The van der Waals surface area contributed by atoms with E-state index in [4.69, 9.17) is 0 Å². The van der Waals surface area contributed by atoms with E-state index in [1.165, 1.54) is 19.3 Å². The molecular weight excluding hydrogens is 314 g/mol. The first-order valence-corrected chi connectivity index (χ1v) is 9.35. The second-order valence-electron chi connectivity index (χ2n) is 7.17. The van der Waals surface area contributed by atoms with Gasteiger partial charge in [-0.15, -0.1) is 10.2 Å². The summed E-state index contributed by atoms with van der Waals surface area (Å²) in [6.45, 7) is 3.75. The highest BCUT2D eigenvalue weighted by molar-refractivity contribution is 5.79. The van der Waals surface area contributed by atoms with Gasteiger partial charge in [0.05, 0.1) is 12.5 Å². The Labute approximate surface area is 148 Å². The standard InChI is InChI=1S/C19H25N5O/c1-14-8-9-15(13-20-14)12-18(25)23-11-5-6-16(23)19-22-21-17-7-3-2-4-10-24(17)19/h8-9,13,16H,2-7,10-12H2,1H3/t16-/m1/s1. The number of fused-ring (bicyclic) bond motifs is 1. The molecule has 0 N–H and O–H groups in total. The van der Waals surface area contributed by atoms with Crippen LogP contribution in [0.4, 0.5) is 0 Å². The average molecular weight is 339 g/mol. The van der Waals surface area contributed by atoms with Crippen molar-refractivity contribution in [3.63, 3.8) is 0 Å². The minimum Gasteiger partial charge on any atom is -0.332 e. The third kappa shape index (κ3) is 3.30. The Hall–Kier alpha value is -2.24. The molecular formula is C19H25N5O. The van der Waals surface area contributed by atoms with Crippen LogP contribution in [0.1, 0.15) is 61.1 Å². The number of rotatable bonds is 3. The van der Waals surface area contributed by atoms with Crippen molar-refractivity contribution < 1.29 is 4.79 Å². The molecule has 0 radical (unpaired) electrons. The fourth-order valence-corrected chi connectivity index (χ4v) is 3.97. The maximum absolute atomic E-state index is 12.9. The summed E-state index contributed by atoms with van der Waals surface area (Å²) >= 11 is 0. The summed E-state index contributed by atoms with van der Waals surface area (Å²) < 4.78 is 2.27. The van der Waals surface area contributed by atoms with E-state index in [1.807, 2.05) is 24.0 Å². The van der Waals surface area contributed by atoms with Gasteiger partial charge in [0.15, 0.2) is 5.82 Å². The van der Waals surface area contributed by atoms with E-state index in [1.54, 1.807) is 6.20 Å². The predicted octanol–water partition coefficient (Wildman–Crippen LogP) is 2.61. The van der Waals surface area contributed by atoms with E-state index >= 15 is 0 Å². The summed E-state index contributed by atoms with van der Waals surface area (Å²) in [5.41, 5.74) is 1.95. The molecule has 6 nitrogen and oxygen atoms in total. The molecule has 0 spiro atoms. The van der Waals surface area contributed by atoms with Crippen molar-refractivity contribution in [2.75, 3.05) is 6.54 Å². The number of likely N-dealkylation sites (tertiary alicyclic amines) is 1. The number of amides is 1. The molecule has 0 saturated carbocycles. The van der Waals surface area contributed by atoms with Crippen molar-refractivity contribution in [2.24, 2.45) is 0 Å². The van der Waals surface area contributed by atoms with Crippen LogP contribution in [-0.4, -0.2) is 37.1 Å². The number of pyridine rings is 1. The van der Waals surface area contributed by atoms with Crippen LogP contribution in [0.3, 0.4) is 0 Å². The number of aromatic nitrogens is 4. The molecule has 2 aromatic rings. The second kappa shape index (κ2) is 6.94. The second-order valence-corrected chi connectivity index (χ2v) is 7.17. The maximum Gasteiger partial charge on any atom is 0.227 e. The molecule has 2 aromatic heterocycles. The number of hydrogen-bond donors (Lipinski definition) is 0. The van der Waals surface area contributed by atoms with Gasteiger partial charge in [-0.25, -0.2) is 0 Å². The molecule has 25 heavy (non-hydrogen) atoms. The molecule has 6 heteroatoms. The molecule has 1 fully saturated rings. The maximum atomic E-state index is 12.9. The van der Waals surface area contributed by atoms with Crippen LogP contribution >= 0.6 is 0 Å². The topological polar surface area (TPSA) is 63.9 Å². The van der Waals surface area contributed by atoms with Gasteiger partial charge < -0.3 is 9.47 Å². The van der Waals surface area contributed by atoms with Gasteiger partial charge in [-0.2, -0.15) is 0 Å². The summed E-state index contributed by atoms with van der Waals surface area (Å²) in [6, 6.07) is 4.03. The van der Waals surface area contributed by atoms with E-state index in [0.29, 0.717) is 6.42 Å². The predicted molar refractivity (Wildman–Crippen MR) is 93.9 cm³/mol. The van der Waals surface area contributed by atoms with Gasteiger partial charge in [0.1, 0.15) is 5.82 Å². The van der Waals surface area contributed by atoms with Crippen molar-refractivity contribution >= 4 is 5.91 Å². The third-order valence-corrected chi connectivity index (χ3v) is 5.34. The Bertz CT molecular complexity index is 752. The highest BCUT2D eigenvalue weighted by Crippen LogP contribution is 2.32. The lowest BCUT2D eigenvalue weighted by atomic mass is 10.1. The first-order chi connectivity index (χ1) is 12.2. The SMILES string of the molecule is Cc1ccc(CC(=O)N2CCC[C@@H]2c2nnc3n2CCCCC3)cn1. The lowest BCUT2D eigenvalue weighted by molar-refractivity contribution is -0.131. The summed E-state index contributed by atoms with van der Waals surface area (Å²) in [5, 5.41) is 8.89. The third-order valence-electron chi connectivity index (χ3n) is 5.34. The summed E-state index contributed by atoms with van der Waals surface area (Å²) in [5.74, 6) is 2.25. The molecule has 132 valence electrons. The highest BCUT2D eigenvalue weighted by atomic mass is 16.2. The zero-order valence-electron chi connectivity index (χ0n) is 14.8. The van der Waals surface area contributed by atoms with E-state index in [2.05, 4.69) is 19.7 Å². The van der Waals surface area contributed by atoms with Crippen LogP contribution < -0.4 is 0 Å². The summed E-state index contributed by atoms with van der Waals surface area (Å²) in [6.07, 6.45) is 8.84. The first kappa shape index (κ1) is 16.2. The normalized spacial score (nSPS) is 20.4. The lowest BCUT2D eigenvalue weighted by Gasteiger charge is -2.24. The minimum absolute atomic E-state index is 0.0743. The van der Waals surface area contributed by atoms with Gasteiger partial charge in [-0.1, -0.05) is 12.5 Å². The van der Waals surface area contributed by atoms with E-state index in [9.17, 15) is 4.79 Å². The number of carbonyl (C=O) groups excluding carboxylic acids is 1. The molecule has 0 aliphatic carbocycles. The Morgan fingerprint density at radius 2 is 2.08 bits per heavy atom. The Kier molecular flexibility index (Phi) is 4.51. The van der Waals surface area contributed by atoms with Gasteiger partial charge in [0.25, 0.3) is 0 Å². The number of aryl methyl sites for hydroxylation is 2. The van der Waals surface area contributed by atoms with Crippen molar-refractivity contribution in [1.29, 1.82) is 0 Å². The van der Waals surface area contributed by atoms with Crippen LogP contribution in [0, 0.1) is 6.92 Å². The molecule has 0 aromatic carbocycles. The van der Waals surface area contributed by atoms with Crippen molar-refractivity contribution in [3.8, 4) is 0 Å². The number of hydrogen-bond acceptors (Lipinski definition) is 4. The van der Waals surface area contributed by atoms with Crippen LogP contribution in [0.15, 0.2) is 18.3 Å². The van der Waals surface area contributed by atoms with Gasteiger partial charge >= 0.3 is 0 Å². The van der Waals surface area contributed by atoms with Crippen molar-refractivity contribution in [3.05, 3.63) is 41.2 Å². The van der Waals surface area contributed by atoms with Crippen LogP contribution in [-0.2, 0) is 24.2 Å². The fraction of sp³-hybridized carbons (Fsp3) is 0.579. The molecule has 2 aliphatic heterocycles. The molecule has 1 amide bonds. The zero-order chi connectivity index (χ0) is 17.2.